The van der Waals surface area contributed by atoms with E-state index in [1.807, 2.05) is 6.07 Å². The van der Waals surface area contributed by atoms with E-state index in [0.29, 0.717) is 18.2 Å². The lowest BCUT2D eigenvalue weighted by molar-refractivity contribution is 0.0950. The molecule has 0 radical (unpaired) electrons. The van der Waals surface area contributed by atoms with Crippen molar-refractivity contribution in [3.8, 4) is 0 Å². The van der Waals surface area contributed by atoms with Crippen LogP contribution in [0.25, 0.3) is 0 Å². The smallest absolute Gasteiger partial charge is 0.253 e. The molecule has 4 nitrogen and oxygen atoms in total. The van der Waals surface area contributed by atoms with Crippen LogP contribution in [0.5, 0.6) is 0 Å². The van der Waals surface area contributed by atoms with Crippen LogP contribution in [-0.4, -0.2) is 16.9 Å². The second-order valence-electron chi connectivity index (χ2n) is 5.90. The van der Waals surface area contributed by atoms with Gasteiger partial charge in [0.1, 0.15) is 5.82 Å². The summed E-state index contributed by atoms with van der Waals surface area (Å²) in [5.74, 6) is -0.466. The summed E-state index contributed by atoms with van der Waals surface area (Å²) in [6, 6.07) is 8.39. The molecule has 2 N–H and O–H groups in total. The fourth-order valence-corrected chi connectivity index (χ4v) is 2.84. The Morgan fingerprint density at radius 1 is 1.17 bits per heavy atom. The van der Waals surface area contributed by atoms with E-state index in [4.69, 9.17) is 0 Å². The van der Waals surface area contributed by atoms with Crippen molar-refractivity contribution in [2.24, 2.45) is 0 Å². The van der Waals surface area contributed by atoms with Crippen molar-refractivity contribution < 1.29 is 9.18 Å². The number of amides is 1. The van der Waals surface area contributed by atoms with Gasteiger partial charge in [0.05, 0.1) is 11.3 Å². The van der Waals surface area contributed by atoms with E-state index >= 15 is 0 Å². The Balaban J connectivity index is 1.59. The highest BCUT2D eigenvalue weighted by Crippen LogP contribution is 2.22. The van der Waals surface area contributed by atoms with Gasteiger partial charge >= 0.3 is 0 Å². The number of nitrogens with one attached hydrogen (secondary N) is 2. The minimum absolute atomic E-state index is 0.183. The molecule has 120 valence electrons. The lowest BCUT2D eigenvalue weighted by Gasteiger charge is -2.13. The minimum atomic E-state index is -0.282. The summed E-state index contributed by atoms with van der Waals surface area (Å²) in [6.45, 7) is 0.361. The second-order valence-corrected chi connectivity index (χ2v) is 5.90. The molecule has 0 saturated heterocycles. The number of halogens is 1. The number of carbonyl (C=O) groups is 1. The second kappa shape index (κ2) is 7.22. The summed E-state index contributed by atoms with van der Waals surface area (Å²) in [5, 5.41) is 6.26. The van der Waals surface area contributed by atoms with Crippen LogP contribution in [0, 0.1) is 5.82 Å². The van der Waals surface area contributed by atoms with Crippen LogP contribution in [0.2, 0.25) is 0 Å². The van der Waals surface area contributed by atoms with Crippen molar-refractivity contribution in [1.29, 1.82) is 0 Å². The van der Waals surface area contributed by atoms with E-state index in [2.05, 4.69) is 15.6 Å². The van der Waals surface area contributed by atoms with Gasteiger partial charge in [-0.05, 0) is 36.6 Å². The van der Waals surface area contributed by atoms with E-state index in [9.17, 15) is 9.18 Å². The maximum Gasteiger partial charge on any atom is 0.253 e. The molecule has 1 amide bonds. The van der Waals surface area contributed by atoms with Gasteiger partial charge in [-0.25, -0.2) is 4.39 Å². The first-order valence-electron chi connectivity index (χ1n) is 7.95. The average molecular weight is 313 g/mol. The van der Waals surface area contributed by atoms with Gasteiger partial charge in [0.2, 0.25) is 0 Å². The molecule has 23 heavy (non-hydrogen) atoms. The molecule has 5 heteroatoms. The van der Waals surface area contributed by atoms with E-state index in [-0.39, 0.29) is 11.7 Å². The van der Waals surface area contributed by atoms with Crippen LogP contribution in [0.15, 0.2) is 42.7 Å². The molecule has 1 aromatic heterocycles. The number of hydrogen-bond donors (Lipinski definition) is 2. The summed E-state index contributed by atoms with van der Waals surface area (Å²) in [7, 11) is 0. The number of pyridine rings is 1. The van der Waals surface area contributed by atoms with Crippen molar-refractivity contribution in [2.45, 2.75) is 38.3 Å². The zero-order valence-corrected chi connectivity index (χ0v) is 12.9. The molecular formula is C18H20FN3O. The van der Waals surface area contributed by atoms with Crippen molar-refractivity contribution in [3.05, 3.63) is 59.7 Å². The van der Waals surface area contributed by atoms with Gasteiger partial charge < -0.3 is 10.6 Å². The Bertz CT molecular complexity index is 666. The van der Waals surface area contributed by atoms with Crippen LogP contribution in [0.3, 0.4) is 0 Å². The molecule has 1 heterocycles. The van der Waals surface area contributed by atoms with Crippen LogP contribution in [0.4, 0.5) is 10.1 Å². The summed E-state index contributed by atoms with van der Waals surface area (Å²) in [6.07, 6.45) is 8.14. The molecule has 0 atom stereocenters. The number of nitrogens with zero attached hydrogens (tertiary/aromatic N) is 1. The zero-order chi connectivity index (χ0) is 16.1. The topological polar surface area (TPSA) is 54.0 Å². The summed E-state index contributed by atoms with van der Waals surface area (Å²) in [4.78, 5) is 16.4. The molecule has 1 aliphatic rings. The fraction of sp³-hybridized carbons (Fsp3) is 0.333. The van der Waals surface area contributed by atoms with Gasteiger partial charge in [0.25, 0.3) is 5.91 Å². The summed E-state index contributed by atoms with van der Waals surface area (Å²) in [5.41, 5.74) is 2.26. The Morgan fingerprint density at radius 2 is 1.91 bits per heavy atom. The Hall–Kier alpha value is -2.43. The van der Waals surface area contributed by atoms with E-state index in [1.165, 1.54) is 37.8 Å². The quantitative estimate of drug-likeness (QED) is 0.888. The van der Waals surface area contributed by atoms with Crippen LogP contribution >= 0.6 is 0 Å². The predicted molar refractivity (Wildman–Crippen MR) is 87.7 cm³/mol. The van der Waals surface area contributed by atoms with Crippen molar-refractivity contribution >= 4 is 11.6 Å². The molecule has 3 rings (SSSR count). The van der Waals surface area contributed by atoms with E-state index < -0.39 is 0 Å². The largest absolute Gasteiger partial charge is 0.381 e. The lowest BCUT2D eigenvalue weighted by Crippen LogP contribution is -2.23. The normalized spacial score (nSPS) is 14.7. The number of rotatable bonds is 5. The minimum Gasteiger partial charge on any atom is -0.381 e. The first-order valence-corrected chi connectivity index (χ1v) is 7.95. The number of aromatic nitrogens is 1. The maximum absolute atomic E-state index is 12.9. The third kappa shape index (κ3) is 4.28. The molecule has 1 fully saturated rings. The highest BCUT2D eigenvalue weighted by Gasteiger charge is 2.15. The first-order chi connectivity index (χ1) is 11.2. The van der Waals surface area contributed by atoms with Gasteiger partial charge in [0, 0.05) is 25.0 Å². The first kappa shape index (κ1) is 15.5. The molecular weight excluding hydrogens is 293 g/mol. The Kier molecular flexibility index (Phi) is 4.86. The van der Waals surface area contributed by atoms with Crippen molar-refractivity contribution in [2.75, 3.05) is 5.32 Å². The van der Waals surface area contributed by atoms with Gasteiger partial charge in [0.15, 0.2) is 0 Å². The third-order valence-electron chi connectivity index (χ3n) is 4.09. The highest BCUT2D eigenvalue weighted by atomic mass is 19.1. The monoisotopic (exact) mass is 313 g/mol. The Morgan fingerprint density at radius 3 is 2.65 bits per heavy atom. The number of hydrogen-bond acceptors (Lipinski definition) is 3. The van der Waals surface area contributed by atoms with Gasteiger partial charge in [-0.3, -0.25) is 9.78 Å². The average Bonchev–Trinajstić information content (AvgIpc) is 3.07. The number of anilines is 1. The maximum atomic E-state index is 12.9. The summed E-state index contributed by atoms with van der Waals surface area (Å²) >= 11 is 0. The SMILES string of the molecule is O=C(NCc1ccc(F)cc1)c1cncc(NC2CCCC2)c1. The van der Waals surface area contributed by atoms with E-state index in [1.54, 1.807) is 24.5 Å². The fourth-order valence-electron chi connectivity index (χ4n) is 2.84. The molecule has 0 unspecified atom stereocenters. The molecule has 1 saturated carbocycles. The number of carbonyl (C=O) groups excluding carboxylic acids is 1. The van der Waals surface area contributed by atoms with Crippen LogP contribution in [0.1, 0.15) is 41.6 Å². The highest BCUT2D eigenvalue weighted by molar-refractivity contribution is 5.94. The standard InChI is InChI=1S/C18H20FN3O/c19-15-7-5-13(6-8-15)10-21-18(23)14-9-17(12-20-11-14)22-16-3-1-2-4-16/h5-9,11-12,16,22H,1-4,10H2,(H,21,23). The summed E-state index contributed by atoms with van der Waals surface area (Å²) < 4.78 is 12.9. The lowest BCUT2D eigenvalue weighted by atomic mass is 10.2. The van der Waals surface area contributed by atoms with Gasteiger partial charge in [-0.1, -0.05) is 25.0 Å². The third-order valence-corrected chi connectivity index (χ3v) is 4.09. The van der Waals surface area contributed by atoms with Gasteiger partial charge in [-0.2, -0.15) is 0 Å². The van der Waals surface area contributed by atoms with Gasteiger partial charge in [-0.15, -0.1) is 0 Å². The molecule has 2 aromatic rings. The van der Waals surface area contributed by atoms with E-state index in [0.717, 1.165) is 11.3 Å². The van der Waals surface area contributed by atoms with Crippen molar-refractivity contribution in [1.82, 2.24) is 10.3 Å². The molecule has 0 bridgehead atoms. The van der Waals surface area contributed by atoms with Crippen LogP contribution < -0.4 is 10.6 Å². The number of benzene rings is 1. The molecule has 0 spiro atoms. The Labute approximate surface area is 135 Å². The predicted octanol–water partition coefficient (Wildman–Crippen LogP) is 3.51. The molecule has 0 aliphatic heterocycles. The molecule has 1 aromatic carbocycles. The zero-order valence-electron chi connectivity index (χ0n) is 12.9. The van der Waals surface area contributed by atoms with Crippen LogP contribution in [-0.2, 0) is 6.54 Å². The van der Waals surface area contributed by atoms with Crippen molar-refractivity contribution in [3.63, 3.8) is 0 Å². The molecule has 1 aliphatic carbocycles.